The van der Waals surface area contributed by atoms with E-state index >= 15 is 0 Å². The van der Waals surface area contributed by atoms with E-state index in [0.717, 1.165) is 17.8 Å². The molecule has 156 valence electrons. The van der Waals surface area contributed by atoms with Crippen molar-refractivity contribution in [2.75, 3.05) is 4.90 Å². The van der Waals surface area contributed by atoms with E-state index in [9.17, 15) is 0 Å². The zero-order valence-corrected chi connectivity index (χ0v) is 19.9. The summed E-state index contributed by atoms with van der Waals surface area (Å²) in [5.41, 5.74) is 4.77. The van der Waals surface area contributed by atoms with E-state index in [1.54, 1.807) is 0 Å². The summed E-state index contributed by atoms with van der Waals surface area (Å²) in [6, 6.07) is 6.95. The molecular weight excluding hydrogens is 338 g/mol. The van der Waals surface area contributed by atoms with E-state index in [-0.39, 0.29) is 11.0 Å². The second kappa shape index (κ2) is 7.69. The summed E-state index contributed by atoms with van der Waals surface area (Å²) in [5, 5.41) is 0. The SMILES string of the molecule is CC(C)c1cccc(C(C)C)c1N1[C][C@]2(CC[C@H](C)C[C@@H]2C(C)C)CC1(C)C. The minimum absolute atomic E-state index is 0.113. The summed E-state index contributed by atoms with van der Waals surface area (Å²) >= 11 is 0. The van der Waals surface area contributed by atoms with Crippen LogP contribution in [0.3, 0.4) is 0 Å². The van der Waals surface area contributed by atoms with E-state index in [4.69, 9.17) is 0 Å². The number of hydrogen-bond acceptors (Lipinski definition) is 1. The molecule has 0 amide bonds. The quantitative estimate of drug-likeness (QED) is 0.510. The third-order valence-corrected chi connectivity index (χ3v) is 7.51. The van der Waals surface area contributed by atoms with Gasteiger partial charge in [-0.25, -0.2) is 0 Å². The van der Waals surface area contributed by atoms with Gasteiger partial charge in [0.15, 0.2) is 0 Å². The lowest BCUT2D eigenvalue weighted by atomic mass is 9.58. The van der Waals surface area contributed by atoms with Gasteiger partial charge in [0.1, 0.15) is 0 Å². The lowest BCUT2D eigenvalue weighted by Gasteiger charge is -2.45. The summed E-state index contributed by atoms with van der Waals surface area (Å²) in [6.45, 7) is 25.7. The standard InChI is InChI=1S/C27H43N/c1-18(2)22-11-10-12-23(19(3)4)25(22)28-17-27(16-26(28,8)9)14-13-21(7)15-24(27)20(5)6/h10-12,18-21,24H,13-16H2,1-9H3/t21-,24+,27-/m0/s1. The Balaban J connectivity index is 2.09. The van der Waals surface area contributed by atoms with Crippen LogP contribution < -0.4 is 4.90 Å². The largest absolute Gasteiger partial charge is 0.355 e. The third kappa shape index (κ3) is 3.75. The first-order valence-electron chi connectivity index (χ1n) is 11.7. The van der Waals surface area contributed by atoms with Crippen LogP contribution >= 0.6 is 0 Å². The van der Waals surface area contributed by atoms with Gasteiger partial charge in [0, 0.05) is 16.6 Å². The number of rotatable bonds is 4. The summed E-state index contributed by atoms with van der Waals surface area (Å²) < 4.78 is 0. The van der Waals surface area contributed by atoms with Crippen molar-refractivity contribution in [2.24, 2.45) is 23.2 Å². The maximum absolute atomic E-state index is 4.19. The fourth-order valence-electron chi connectivity index (χ4n) is 6.13. The Hall–Kier alpha value is -0.980. The molecule has 1 heteroatoms. The van der Waals surface area contributed by atoms with Gasteiger partial charge in [-0.05, 0) is 73.8 Å². The zero-order valence-electron chi connectivity index (χ0n) is 19.9. The van der Waals surface area contributed by atoms with E-state index in [1.807, 2.05) is 0 Å². The molecule has 2 aliphatic rings. The maximum Gasteiger partial charge on any atom is 0.0988 e. The summed E-state index contributed by atoms with van der Waals surface area (Å²) in [6.07, 6.45) is 5.25. The highest BCUT2D eigenvalue weighted by atomic mass is 15.2. The number of benzene rings is 1. The lowest BCUT2D eigenvalue weighted by Crippen LogP contribution is -2.38. The Morgan fingerprint density at radius 3 is 2.07 bits per heavy atom. The van der Waals surface area contributed by atoms with Gasteiger partial charge in [0.25, 0.3) is 0 Å². The van der Waals surface area contributed by atoms with Crippen molar-refractivity contribution >= 4 is 5.69 Å². The molecule has 1 aliphatic heterocycles. The molecule has 1 heterocycles. The number of hydrogen-bond donors (Lipinski definition) is 0. The lowest BCUT2D eigenvalue weighted by molar-refractivity contribution is 0.0625. The average molecular weight is 382 g/mol. The van der Waals surface area contributed by atoms with Crippen LogP contribution in [0.1, 0.15) is 111 Å². The van der Waals surface area contributed by atoms with Crippen LogP contribution in [0.25, 0.3) is 0 Å². The van der Waals surface area contributed by atoms with Gasteiger partial charge < -0.3 is 4.90 Å². The monoisotopic (exact) mass is 381 g/mol. The first kappa shape index (κ1) is 21.7. The van der Waals surface area contributed by atoms with Crippen LogP contribution in [-0.2, 0) is 0 Å². The van der Waals surface area contributed by atoms with Gasteiger partial charge in [-0.15, -0.1) is 0 Å². The number of anilines is 1. The molecule has 2 fully saturated rings. The predicted octanol–water partition coefficient (Wildman–Crippen LogP) is 8.04. The van der Waals surface area contributed by atoms with E-state index in [1.165, 1.54) is 42.5 Å². The molecule has 1 nitrogen and oxygen atoms in total. The molecule has 0 unspecified atom stereocenters. The Morgan fingerprint density at radius 2 is 1.57 bits per heavy atom. The predicted molar refractivity (Wildman–Crippen MR) is 123 cm³/mol. The highest BCUT2D eigenvalue weighted by Gasteiger charge is 2.55. The molecule has 1 spiro atoms. The third-order valence-electron chi connectivity index (χ3n) is 7.51. The summed E-state index contributed by atoms with van der Waals surface area (Å²) in [7, 11) is 0. The molecule has 1 saturated carbocycles. The van der Waals surface area contributed by atoms with Crippen molar-refractivity contribution in [3.05, 3.63) is 35.9 Å². The molecule has 1 aromatic rings. The van der Waals surface area contributed by atoms with Crippen LogP contribution in [0, 0.1) is 29.7 Å². The average Bonchev–Trinajstić information content (AvgIpc) is 2.87. The van der Waals surface area contributed by atoms with Crippen LogP contribution in [0.15, 0.2) is 18.2 Å². The van der Waals surface area contributed by atoms with Crippen molar-refractivity contribution in [1.29, 1.82) is 0 Å². The molecule has 28 heavy (non-hydrogen) atoms. The minimum Gasteiger partial charge on any atom is -0.355 e. The topological polar surface area (TPSA) is 3.24 Å². The van der Waals surface area contributed by atoms with Crippen molar-refractivity contribution in [2.45, 2.75) is 105 Å². The second-order valence-electron chi connectivity index (χ2n) is 11.4. The van der Waals surface area contributed by atoms with E-state index in [2.05, 4.69) is 92.0 Å². The summed E-state index contributed by atoms with van der Waals surface area (Å²) in [4.78, 5) is 2.60. The van der Waals surface area contributed by atoms with Crippen molar-refractivity contribution < 1.29 is 0 Å². The molecule has 3 rings (SSSR count). The smallest absolute Gasteiger partial charge is 0.0988 e. The Morgan fingerprint density at radius 1 is 1.00 bits per heavy atom. The number of nitrogens with zero attached hydrogens (tertiary/aromatic N) is 1. The van der Waals surface area contributed by atoms with Crippen molar-refractivity contribution in [3.63, 3.8) is 0 Å². The first-order valence-corrected chi connectivity index (χ1v) is 11.7. The van der Waals surface area contributed by atoms with Crippen LogP contribution in [0.4, 0.5) is 5.69 Å². The molecule has 0 aromatic heterocycles. The molecule has 1 aromatic carbocycles. The maximum atomic E-state index is 4.19. The Kier molecular flexibility index (Phi) is 5.97. The van der Waals surface area contributed by atoms with Crippen molar-refractivity contribution in [3.8, 4) is 0 Å². The molecule has 3 atom stereocenters. The van der Waals surface area contributed by atoms with E-state index < -0.39 is 0 Å². The molecule has 0 N–H and O–H groups in total. The Bertz CT molecular complexity index is 657. The first-order chi connectivity index (χ1) is 13.0. The van der Waals surface area contributed by atoms with Gasteiger partial charge in [0.05, 0.1) is 6.54 Å². The van der Waals surface area contributed by atoms with E-state index in [0.29, 0.717) is 11.8 Å². The van der Waals surface area contributed by atoms with Gasteiger partial charge >= 0.3 is 0 Å². The van der Waals surface area contributed by atoms with Gasteiger partial charge in [-0.1, -0.05) is 73.1 Å². The fraction of sp³-hybridized carbons (Fsp3) is 0.741. The van der Waals surface area contributed by atoms with Gasteiger partial charge in [-0.2, -0.15) is 0 Å². The Labute approximate surface area is 175 Å². The molecular formula is C27H43N. The minimum atomic E-state index is 0.113. The number of para-hydroxylation sites is 1. The zero-order chi connectivity index (χ0) is 20.9. The normalized spacial score (nSPS) is 30.2. The van der Waals surface area contributed by atoms with Gasteiger partial charge in [0.2, 0.25) is 0 Å². The fourth-order valence-corrected chi connectivity index (χ4v) is 6.13. The molecule has 1 saturated heterocycles. The summed E-state index contributed by atoms with van der Waals surface area (Å²) in [5.74, 6) is 3.36. The van der Waals surface area contributed by atoms with Crippen LogP contribution in [-0.4, -0.2) is 5.54 Å². The molecule has 0 bridgehead atoms. The van der Waals surface area contributed by atoms with Crippen LogP contribution in [0.2, 0.25) is 0 Å². The highest BCUT2D eigenvalue weighted by Crippen LogP contribution is 2.60. The van der Waals surface area contributed by atoms with Crippen LogP contribution in [0.5, 0.6) is 0 Å². The second-order valence-corrected chi connectivity index (χ2v) is 11.4. The van der Waals surface area contributed by atoms with Crippen molar-refractivity contribution in [1.82, 2.24) is 0 Å². The van der Waals surface area contributed by atoms with Gasteiger partial charge in [-0.3, -0.25) is 0 Å². The molecule has 2 radical (unpaired) electrons. The molecule has 1 aliphatic carbocycles. The highest BCUT2D eigenvalue weighted by molar-refractivity contribution is 5.66.